The molecule has 0 saturated heterocycles. The molecule has 0 spiro atoms. The van der Waals surface area contributed by atoms with E-state index < -0.39 is 0 Å². The van der Waals surface area contributed by atoms with Gasteiger partial charge in [-0.2, -0.15) is 0 Å². The molecule has 1 rings (SSSR count). The van der Waals surface area contributed by atoms with Crippen LogP contribution in [-0.4, -0.2) is 17.8 Å². The van der Waals surface area contributed by atoms with E-state index in [0.717, 1.165) is 11.3 Å². The van der Waals surface area contributed by atoms with Crippen LogP contribution in [0.15, 0.2) is 24.3 Å². The first-order valence-corrected chi connectivity index (χ1v) is 4.77. The second-order valence-corrected chi connectivity index (χ2v) is 3.49. The highest BCUT2D eigenvalue weighted by Crippen LogP contribution is 2.24. The zero-order chi connectivity index (χ0) is 10.6. The minimum atomic E-state index is -0.370. The summed E-state index contributed by atoms with van der Waals surface area (Å²) in [6.07, 6.45) is 0.113. The van der Waals surface area contributed by atoms with Crippen LogP contribution < -0.4 is 10.5 Å². The van der Waals surface area contributed by atoms with Crippen LogP contribution in [0.4, 0.5) is 0 Å². The molecular weight excluding hydrogens is 214 g/mol. The Bertz CT molecular complexity index is 292. The molecule has 0 radical (unpaired) electrons. The summed E-state index contributed by atoms with van der Waals surface area (Å²) in [5, 5.41) is 8.97. The van der Waals surface area contributed by atoms with Crippen LogP contribution in [0.5, 0.6) is 5.75 Å². The molecule has 0 aromatic heterocycles. The number of nitrogens with two attached hydrogens (primary N) is 1. The molecule has 0 saturated carbocycles. The maximum atomic E-state index is 8.97. The fourth-order valence-electron chi connectivity index (χ4n) is 1.25. The normalized spacial score (nSPS) is 12.1. The Balaban J connectivity index is 0.00000196. The van der Waals surface area contributed by atoms with Crippen molar-refractivity contribution in [1.82, 2.24) is 0 Å². The highest BCUT2D eigenvalue weighted by atomic mass is 35.5. The van der Waals surface area contributed by atoms with Crippen LogP contribution in [0.1, 0.15) is 25.5 Å². The monoisotopic (exact) mass is 231 g/mol. The van der Waals surface area contributed by atoms with E-state index in [-0.39, 0.29) is 31.2 Å². The van der Waals surface area contributed by atoms with Gasteiger partial charge in [0, 0.05) is 5.56 Å². The van der Waals surface area contributed by atoms with E-state index in [9.17, 15) is 0 Å². The Morgan fingerprint density at radius 1 is 1.33 bits per heavy atom. The SMILES string of the molecule is CC(C)Oc1ccccc1[C@H](N)CO.Cl. The second-order valence-electron chi connectivity index (χ2n) is 3.49. The van der Waals surface area contributed by atoms with Gasteiger partial charge in [-0.1, -0.05) is 18.2 Å². The number of hydrogen-bond donors (Lipinski definition) is 2. The summed E-state index contributed by atoms with van der Waals surface area (Å²) < 4.78 is 5.58. The smallest absolute Gasteiger partial charge is 0.124 e. The van der Waals surface area contributed by atoms with Gasteiger partial charge in [0.15, 0.2) is 0 Å². The lowest BCUT2D eigenvalue weighted by molar-refractivity contribution is 0.229. The largest absolute Gasteiger partial charge is 0.491 e. The number of aliphatic hydroxyl groups is 1. The molecule has 0 aliphatic heterocycles. The zero-order valence-electron chi connectivity index (χ0n) is 9.01. The zero-order valence-corrected chi connectivity index (χ0v) is 9.83. The molecule has 1 aromatic rings. The molecule has 3 N–H and O–H groups in total. The molecule has 4 heteroatoms. The highest BCUT2D eigenvalue weighted by molar-refractivity contribution is 5.85. The second kappa shape index (κ2) is 6.67. The molecule has 0 fully saturated rings. The Kier molecular flexibility index (Phi) is 6.32. The average Bonchev–Trinajstić information content (AvgIpc) is 2.16. The van der Waals surface area contributed by atoms with Crippen molar-refractivity contribution in [3.8, 4) is 5.75 Å². The molecule has 0 bridgehead atoms. The summed E-state index contributed by atoms with van der Waals surface area (Å²) in [5.41, 5.74) is 6.59. The Morgan fingerprint density at radius 2 is 1.93 bits per heavy atom. The van der Waals surface area contributed by atoms with Gasteiger partial charge in [-0.3, -0.25) is 0 Å². The number of rotatable bonds is 4. The summed E-state index contributed by atoms with van der Waals surface area (Å²) >= 11 is 0. The van der Waals surface area contributed by atoms with Gasteiger partial charge >= 0.3 is 0 Å². The van der Waals surface area contributed by atoms with Crippen molar-refractivity contribution in [2.24, 2.45) is 5.73 Å². The molecule has 1 aromatic carbocycles. The van der Waals surface area contributed by atoms with Crippen molar-refractivity contribution in [2.75, 3.05) is 6.61 Å². The molecule has 0 heterocycles. The molecule has 86 valence electrons. The maximum absolute atomic E-state index is 8.97. The van der Waals surface area contributed by atoms with E-state index in [4.69, 9.17) is 15.6 Å². The van der Waals surface area contributed by atoms with Crippen molar-refractivity contribution in [2.45, 2.75) is 26.0 Å². The topological polar surface area (TPSA) is 55.5 Å². The van der Waals surface area contributed by atoms with Crippen molar-refractivity contribution in [1.29, 1.82) is 0 Å². The highest BCUT2D eigenvalue weighted by Gasteiger charge is 2.11. The first-order valence-electron chi connectivity index (χ1n) is 4.77. The van der Waals surface area contributed by atoms with Gasteiger partial charge in [-0.05, 0) is 19.9 Å². The molecule has 0 aliphatic carbocycles. The lowest BCUT2D eigenvalue weighted by atomic mass is 10.1. The molecule has 1 atom stereocenters. The van der Waals surface area contributed by atoms with Gasteiger partial charge in [0.1, 0.15) is 5.75 Å². The number of para-hydroxylation sites is 1. The number of benzene rings is 1. The van der Waals surface area contributed by atoms with E-state index in [0.29, 0.717) is 0 Å². The van der Waals surface area contributed by atoms with Crippen LogP contribution in [-0.2, 0) is 0 Å². The minimum absolute atomic E-state index is 0. The van der Waals surface area contributed by atoms with Gasteiger partial charge in [-0.15, -0.1) is 12.4 Å². The lowest BCUT2D eigenvalue weighted by Gasteiger charge is -2.17. The van der Waals surface area contributed by atoms with Crippen molar-refractivity contribution in [3.63, 3.8) is 0 Å². The minimum Gasteiger partial charge on any atom is -0.491 e. The number of halogens is 1. The molecule has 0 amide bonds. The van der Waals surface area contributed by atoms with E-state index in [2.05, 4.69) is 0 Å². The number of ether oxygens (including phenoxy) is 1. The fourth-order valence-corrected chi connectivity index (χ4v) is 1.25. The maximum Gasteiger partial charge on any atom is 0.124 e. The summed E-state index contributed by atoms with van der Waals surface area (Å²) in [6, 6.07) is 7.15. The Labute approximate surface area is 96.7 Å². The predicted molar refractivity (Wildman–Crippen MR) is 63.5 cm³/mol. The van der Waals surface area contributed by atoms with Crippen LogP contribution in [0.2, 0.25) is 0 Å². The number of hydrogen-bond acceptors (Lipinski definition) is 3. The van der Waals surface area contributed by atoms with Crippen LogP contribution in [0.25, 0.3) is 0 Å². The van der Waals surface area contributed by atoms with Gasteiger partial charge < -0.3 is 15.6 Å². The molecule has 0 aliphatic rings. The third-order valence-corrected chi connectivity index (χ3v) is 1.88. The first-order chi connectivity index (χ1) is 6.65. The van der Waals surface area contributed by atoms with E-state index >= 15 is 0 Å². The van der Waals surface area contributed by atoms with Crippen LogP contribution in [0, 0.1) is 0 Å². The quantitative estimate of drug-likeness (QED) is 0.832. The van der Waals surface area contributed by atoms with Gasteiger partial charge in [0.2, 0.25) is 0 Å². The summed E-state index contributed by atoms with van der Waals surface area (Å²) in [4.78, 5) is 0. The van der Waals surface area contributed by atoms with Crippen LogP contribution in [0.3, 0.4) is 0 Å². The van der Waals surface area contributed by atoms with Crippen LogP contribution >= 0.6 is 12.4 Å². The Morgan fingerprint density at radius 3 is 2.47 bits per heavy atom. The van der Waals surface area contributed by atoms with Gasteiger partial charge in [0.05, 0.1) is 18.8 Å². The molecular formula is C11H18ClNO2. The standard InChI is InChI=1S/C11H17NO2.ClH/c1-8(2)14-11-6-4-3-5-9(11)10(12)7-13;/h3-6,8,10,13H,7,12H2,1-2H3;1H/t10-;/m1./s1. The van der Waals surface area contributed by atoms with Crippen molar-refractivity contribution >= 4 is 12.4 Å². The van der Waals surface area contributed by atoms with Crippen molar-refractivity contribution in [3.05, 3.63) is 29.8 Å². The number of aliphatic hydroxyl groups excluding tert-OH is 1. The van der Waals surface area contributed by atoms with Crippen molar-refractivity contribution < 1.29 is 9.84 Å². The molecule has 3 nitrogen and oxygen atoms in total. The van der Waals surface area contributed by atoms with E-state index in [1.807, 2.05) is 38.1 Å². The predicted octanol–water partition coefficient (Wildman–Crippen LogP) is 1.89. The van der Waals surface area contributed by atoms with Gasteiger partial charge in [0.25, 0.3) is 0 Å². The third-order valence-electron chi connectivity index (χ3n) is 1.88. The average molecular weight is 232 g/mol. The Hall–Kier alpha value is -0.770. The summed E-state index contributed by atoms with van der Waals surface area (Å²) in [6.45, 7) is 3.85. The van der Waals surface area contributed by atoms with Gasteiger partial charge in [-0.25, -0.2) is 0 Å². The fraction of sp³-hybridized carbons (Fsp3) is 0.455. The first kappa shape index (κ1) is 14.2. The van der Waals surface area contributed by atoms with E-state index in [1.165, 1.54) is 0 Å². The molecule has 15 heavy (non-hydrogen) atoms. The summed E-state index contributed by atoms with van der Waals surface area (Å²) in [5.74, 6) is 0.754. The molecule has 0 unspecified atom stereocenters. The summed E-state index contributed by atoms with van der Waals surface area (Å²) in [7, 11) is 0. The third kappa shape index (κ3) is 4.08. The van der Waals surface area contributed by atoms with E-state index in [1.54, 1.807) is 0 Å². The lowest BCUT2D eigenvalue weighted by Crippen LogP contribution is -2.17.